The lowest BCUT2D eigenvalue weighted by Crippen LogP contribution is -1.96. The molecule has 4 rings (SSSR count). The quantitative estimate of drug-likeness (QED) is 0.604. The number of fused-ring (bicyclic) bond motifs is 2. The van der Waals surface area contributed by atoms with Crippen LogP contribution in [0.2, 0.25) is 0 Å². The van der Waals surface area contributed by atoms with Crippen molar-refractivity contribution in [2.24, 2.45) is 0 Å². The van der Waals surface area contributed by atoms with Crippen molar-refractivity contribution < 1.29 is 9.90 Å². The molecule has 2 aromatic carbocycles. The van der Waals surface area contributed by atoms with Crippen LogP contribution in [0.5, 0.6) is 0 Å². The first-order chi connectivity index (χ1) is 11.1. The van der Waals surface area contributed by atoms with Crippen LogP contribution >= 0.6 is 0 Å². The minimum absolute atomic E-state index is 0.310. The summed E-state index contributed by atoms with van der Waals surface area (Å²) >= 11 is 0. The van der Waals surface area contributed by atoms with Gasteiger partial charge < -0.3 is 9.67 Å². The Labute approximate surface area is 132 Å². The first-order valence-electron chi connectivity index (χ1n) is 7.34. The van der Waals surface area contributed by atoms with E-state index in [1.54, 1.807) is 12.4 Å². The van der Waals surface area contributed by atoms with Crippen molar-refractivity contribution in [1.29, 1.82) is 0 Å². The molecular weight excluding hydrogens is 288 g/mol. The molecule has 0 bridgehead atoms. The summed E-state index contributed by atoms with van der Waals surface area (Å²) in [5.74, 6) is -0.919. The van der Waals surface area contributed by atoms with Gasteiger partial charge in [0.25, 0.3) is 0 Å². The number of nitrogens with zero attached hydrogens (tertiary/aromatic N) is 2. The zero-order chi connectivity index (χ0) is 16.0. The Bertz CT molecular complexity index is 1060. The summed E-state index contributed by atoms with van der Waals surface area (Å²) in [4.78, 5) is 16.0. The van der Waals surface area contributed by atoms with Gasteiger partial charge in [-0.1, -0.05) is 29.8 Å². The second-order valence-corrected chi connectivity index (χ2v) is 5.59. The first kappa shape index (κ1) is 13.5. The first-order valence-corrected chi connectivity index (χ1v) is 7.34. The molecule has 0 spiro atoms. The summed E-state index contributed by atoms with van der Waals surface area (Å²) in [7, 11) is 0. The van der Waals surface area contributed by atoms with Gasteiger partial charge in [0.05, 0.1) is 22.3 Å². The zero-order valence-corrected chi connectivity index (χ0v) is 12.5. The fraction of sp³-hybridized carbons (Fsp3) is 0.0526. The van der Waals surface area contributed by atoms with Gasteiger partial charge in [0, 0.05) is 23.2 Å². The maximum Gasteiger partial charge on any atom is 0.337 e. The van der Waals surface area contributed by atoms with Crippen molar-refractivity contribution in [1.82, 2.24) is 9.55 Å². The standard InChI is InChI=1S/C19H14N2O2/c1-12-6-7-17-14(10-12)15(19(22)23)11-21(17)18-8-9-20-16-5-3-2-4-13(16)18/h2-11H,1H3,(H,22,23). The Balaban J connectivity index is 2.11. The van der Waals surface area contributed by atoms with Gasteiger partial charge in [-0.25, -0.2) is 4.79 Å². The fourth-order valence-electron chi connectivity index (χ4n) is 3.00. The van der Waals surface area contributed by atoms with E-state index >= 15 is 0 Å². The Morgan fingerprint density at radius 1 is 1.09 bits per heavy atom. The molecule has 0 radical (unpaired) electrons. The van der Waals surface area contributed by atoms with Crippen LogP contribution in [-0.4, -0.2) is 20.6 Å². The molecule has 0 saturated carbocycles. The molecule has 2 aromatic heterocycles. The molecule has 0 fully saturated rings. The lowest BCUT2D eigenvalue weighted by Gasteiger charge is -2.09. The second-order valence-electron chi connectivity index (χ2n) is 5.59. The number of pyridine rings is 1. The van der Waals surface area contributed by atoms with E-state index in [9.17, 15) is 9.90 Å². The Morgan fingerprint density at radius 3 is 2.74 bits per heavy atom. The van der Waals surface area contributed by atoms with Crippen molar-refractivity contribution in [2.45, 2.75) is 6.92 Å². The second kappa shape index (κ2) is 4.95. The van der Waals surface area contributed by atoms with E-state index in [0.29, 0.717) is 5.56 Å². The van der Waals surface area contributed by atoms with Gasteiger partial charge in [0.2, 0.25) is 0 Å². The smallest absolute Gasteiger partial charge is 0.337 e. The molecular formula is C19H14N2O2. The summed E-state index contributed by atoms with van der Waals surface area (Å²) in [6.07, 6.45) is 3.44. The monoisotopic (exact) mass is 302 g/mol. The van der Waals surface area contributed by atoms with Gasteiger partial charge in [-0.15, -0.1) is 0 Å². The molecule has 2 heterocycles. The molecule has 1 N–H and O–H groups in total. The minimum Gasteiger partial charge on any atom is -0.478 e. The molecule has 0 atom stereocenters. The van der Waals surface area contributed by atoms with Gasteiger partial charge >= 0.3 is 5.97 Å². The third-order valence-electron chi connectivity index (χ3n) is 4.08. The van der Waals surface area contributed by atoms with Crippen molar-refractivity contribution >= 4 is 27.8 Å². The molecule has 0 aliphatic rings. The van der Waals surface area contributed by atoms with Gasteiger partial charge in [-0.2, -0.15) is 0 Å². The molecule has 0 aliphatic heterocycles. The topological polar surface area (TPSA) is 55.1 Å². The Hall–Kier alpha value is -3.14. The maximum absolute atomic E-state index is 11.6. The van der Waals surface area contributed by atoms with Crippen LogP contribution in [0.4, 0.5) is 0 Å². The molecule has 4 aromatic rings. The lowest BCUT2D eigenvalue weighted by atomic mass is 10.1. The van der Waals surface area contributed by atoms with E-state index in [4.69, 9.17) is 0 Å². The van der Waals surface area contributed by atoms with E-state index in [1.807, 2.05) is 60.0 Å². The molecule has 112 valence electrons. The molecule has 4 heteroatoms. The predicted octanol–water partition coefficient (Wildman–Crippen LogP) is 4.19. The third kappa shape index (κ3) is 2.07. The Kier molecular flexibility index (Phi) is 2.91. The summed E-state index contributed by atoms with van der Waals surface area (Å²) in [5, 5.41) is 11.3. The van der Waals surface area contributed by atoms with Gasteiger partial charge in [-0.3, -0.25) is 4.98 Å². The summed E-state index contributed by atoms with van der Waals surface area (Å²) in [6.45, 7) is 1.96. The minimum atomic E-state index is -0.919. The van der Waals surface area contributed by atoms with E-state index < -0.39 is 5.97 Å². The zero-order valence-electron chi connectivity index (χ0n) is 12.5. The highest BCUT2D eigenvalue weighted by molar-refractivity contribution is 6.05. The van der Waals surface area contributed by atoms with E-state index in [2.05, 4.69) is 4.98 Å². The number of carbonyl (C=O) groups is 1. The average molecular weight is 302 g/mol. The van der Waals surface area contributed by atoms with Crippen molar-refractivity contribution in [2.75, 3.05) is 0 Å². The van der Waals surface area contributed by atoms with E-state index in [1.165, 1.54) is 0 Å². The van der Waals surface area contributed by atoms with Gasteiger partial charge in [0.1, 0.15) is 0 Å². The largest absolute Gasteiger partial charge is 0.478 e. The molecule has 0 amide bonds. The molecule has 23 heavy (non-hydrogen) atoms. The third-order valence-corrected chi connectivity index (χ3v) is 4.08. The van der Waals surface area contributed by atoms with E-state index in [-0.39, 0.29) is 0 Å². The molecule has 0 saturated heterocycles. The number of benzene rings is 2. The van der Waals surface area contributed by atoms with Crippen LogP contribution < -0.4 is 0 Å². The molecule has 4 nitrogen and oxygen atoms in total. The van der Waals surface area contributed by atoms with Crippen LogP contribution in [0, 0.1) is 6.92 Å². The van der Waals surface area contributed by atoms with Crippen molar-refractivity contribution in [3.63, 3.8) is 0 Å². The normalized spacial score (nSPS) is 11.2. The van der Waals surface area contributed by atoms with Crippen LogP contribution in [0.3, 0.4) is 0 Å². The number of para-hydroxylation sites is 1. The number of rotatable bonds is 2. The van der Waals surface area contributed by atoms with E-state index in [0.717, 1.165) is 33.1 Å². The van der Waals surface area contributed by atoms with Crippen molar-refractivity contribution in [3.8, 4) is 5.69 Å². The number of aryl methyl sites for hydroxylation is 1. The Morgan fingerprint density at radius 2 is 1.91 bits per heavy atom. The predicted molar refractivity (Wildman–Crippen MR) is 90.3 cm³/mol. The summed E-state index contributed by atoms with van der Waals surface area (Å²) in [5.41, 5.74) is 4.04. The number of hydrogen-bond acceptors (Lipinski definition) is 2. The fourth-order valence-corrected chi connectivity index (χ4v) is 3.00. The number of carboxylic acid groups (broad SMARTS) is 1. The van der Waals surface area contributed by atoms with Crippen molar-refractivity contribution in [3.05, 3.63) is 72.1 Å². The summed E-state index contributed by atoms with van der Waals surface area (Å²) in [6, 6.07) is 15.6. The number of aromatic nitrogens is 2. The molecule has 0 unspecified atom stereocenters. The number of carboxylic acids is 1. The maximum atomic E-state index is 11.6. The highest BCUT2D eigenvalue weighted by Crippen LogP contribution is 2.29. The molecule has 0 aliphatic carbocycles. The van der Waals surface area contributed by atoms with Crippen LogP contribution in [0.25, 0.3) is 27.5 Å². The summed E-state index contributed by atoms with van der Waals surface area (Å²) < 4.78 is 1.93. The van der Waals surface area contributed by atoms with Gasteiger partial charge in [0.15, 0.2) is 0 Å². The highest BCUT2D eigenvalue weighted by Gasteiger charge is 2.16. The highest BCUT2D eigenvalue weighted by atomic mass is 16.4. The van der Waals surface area contributed by atoms with Gasteiger partial charge in [-0.05, 0) is 31.2 Å². The van der Waals surface area contributed by atoms with Crippen LogP contribution in [0.15, 0.2) is 60.9 Å². The SMILES string of the molecule is Cc1ccc2c(c1)c(C(=O)O)cn2-c1ccnc2ccccc12. The number of aromatic carboxylic acids is 1. The average Bonchev–Trinajstić information content (AvgIpc) is 2.93. The number of hydrogen-bond donors (Lipinski definition) is 1. The lowest BCUT2D eigenvalue weighted by molar-refractivity contribution is 0.0699. The van der Waals surface area contributed by atoms with Crippen LogP contribution in [-0.2, 0) is 0 Å². The van der Waals surface area contributed by atoms with Crippen LogP contribution in [0.1, 0.15) is 15.9 Å².